The van der Waals surface area contributed by atoms with Crippen LogP contribution in [0.1, 0.15) is 20.9 Å². The van der Waals surface area contributed by atoms with E-state index in [1.807, 2.05) is 0 Å². The van der Waals surface area contributed by atoms with Crippen LogP contribution in [0.4, 0.5) is 5.69 Å². The van der Waals surface area contributed by atoms with E-state index in [-0.39, 0.29) is 22.1 Å². The lowest BCUT2D eigenvalue weighted by Crippen LogP contribution is -2.34. The van der Waals surface area contributed by atoms with E-state index in [9.17, 15) is 14.7 Å². The van der Waals surface area contributed by atoms with Crippen LogP contribution in [0.2, 0.25) is 0 Å². The average Bonchev–Trinajstić information content (AvgIpc) is 2.95. The van der Waals surface area contributed by atoms with Gasteiger partial charge in [-0.1, -0.05) is 15.9 Å². The van der Waals surface area contributed by atoms with Gasteiger partial charge in [0, 0.05) is 8.95 Å². The molecule has 0 atom stereocenters. The molecule has 114 valence electrons. The molecule has 0 radical (unpaired) electrons. The Morgan fingerprint density at radius 1 is 1.27 bits per heavy atom. The minimum atomic E-state index is -1.13. The van der Waals surface area contributed by atoms with Crippen LogP contribution in [0, 0.1) is 0 Å². The van der Waals surface area contributed by atoms with Crippen molar-refractivity contribution in [2.45, 2.75) is 0 Å². The Hall–Kier alpha value is -1.71. The number of aromatic carboxylic acids is 1. The topological polar surface area (TPSA) is 91.6 Å². The summed E-state index contributed by atoms with van der Waals surface area (Å²) in [6, 6.07) is 6.13. The number of carboxylic acids is 1. The molecule has 0 aliphatic carbocycles. The molecular weight excluding hydrogens is 440 g/mol. The molecule has 0 spiro atoms. The van der Waals surface area contributed by atoms with Crippen molar-refractivity contribution >= 4 is 66.8 Å². The number of carboxylic acid groups (broad SMARTS) is 1. The molecule has 22 heavy (non-hydrogen) atoms. The van der Waals surface area contributed by atoms with Gasteiger partial charge in [-0.05, 0) is 52.4 Å². The predicted octanol–water partition coefficient (Wildman–Crippen LogP) is 3.63. The van der Waals surface area contributed by atoms with Gasteiger partial charge in [-0.2, -0.15) is 0 Å². The van der Waals surface area contributed by atoms with Crippen molar-refractivity contribution in [2.75, 3.05) is 5.32 Å². The van der Waals surface area contributed by atoms with Crippen molar-refractivity contribution in [3.63, 3.8) is 0 Å². The largest absolute Gasteiger partial charge is 0.478 e. The van der Waals surface area contributed by atoms with Gasteiger partial charge in [0.15, 0.2) is 10.9 Å². The zero-order valence-corrected chi connectivity index (χ0v) is 14.7. The third-order valence-corrected chi connectivity index (χ3v) is 3.78. The van der Waals surface area contributed by atoms with Crippen molar-refractivity contribution in [2.24, 2.45) is 0 Å². The lowest BCUT2D eigenvalue weighted by Gasteiger charge is -2.13. The second-order valence-corrected chi connectivity index (χ2v) is 6.18. The monoisotopic (exact) mass is 446 g/mol. The standard InChI is InChI=1S/C13H8Br2N2O4S/c14-6-4-7(12(19)20)10(8(15)5-6)16-13(22)17-11(18)9-2-1-3-21-9/h1-5H,(H,19,20)(H2,16,17,18,22). The van der Waals surface area contributed by atoms with Crippen LogP contribution >= 0.6 is 44.1 Å². The molecule has 0 saturated carbocycles. The normalized spacial score (nSPS) is 10.1. The summed E-state index contributed by atoms with van der Waals surface area (Å²) in [5.41, 5.74) is 0.233. The Labute approximate surface area is 147 Å². The maximum atomic E-state index is 11.8. The number of thiocarbonyl (C=S) groups is 1. The number of halogens is 2. The molecule has 0 aliphatic rings. The van der Waals surface area contributed by atoms with E-state index in [4.69, 9.17) is 16.6 Å². The summed E-state index contributed by atoms with van der Waals surface area (Å²) >= 11 is 11.5. The fraction of sp³-hybridized carbons (Fsp3) is 0. The fourth-order valence-corrected chi connectivity index (χ4v) is 3.11. The van der Waals surface area contributed by atoms with Crippen LogP contribution in [0.15, 0.2) is 43.9 Å². The number of furan rings is 1. The van der Waals surface area contributed by atoms with Gasteiger partial charge in [-0.15, -0.1) is 0 Å². The van der Waals surface area contributed by atoms with E-state index < -0.39 is 11.9 Å². The minimum absolute atomic E-state index is 0.00384. The SMILES string of the molecule is O=C(NC(=S)Nc1c(Br)cc(Br)cc1C(=O)O)c1ccco1. The highest BCUT2D eigenvalue weighted by atomic mass is 79.9. The van der Waals surface area contributed by atoms with Crippen LogP contribution in [0.3, 0.4) is 0 Å². The van der Waals surface area contributed by atoms with Crippen molar-refractivity contribution in [3.05, 3.63) is 50.8 Å². The molecule has 1 heterocycles. The number of benzene rings is 1. The second kappa shape index (κ2) is 7.03. The summed E-state index contributed by atoms with van der Waals surface area (Å²) in [5, 5.41) is 14.3. The zero-order chi connectivity index (χ0) is 16.3. The zero-order valence-electron chi connectivity index (χ0n) is 10.7. The number of hydrogen-bond donors (Lipinski definition) is 3. The van der Waals surface area contributed by atoms with Gasteiger partial charge in [-0.25, -0.2) is 4.79 Å². The molecule has 0 saturated heterocycles. The molecule has 2 aromatic rings. The van der Waals surface area contributed by atoms with Crippen molar-refractivity contribution in [3.8, 4) is 0 Å². The smallest absolute Gasteiger partial charge is 0.337 e. The number of hydrogen-bond acceptors (Lipinski definition) is 4. The van der Waals surface area contributed by atoms with Gasteiger partial charge in [0.25, 0.3) is 5.91 Å². The molecule has 3 N–H and O–H groups in total. The summed E-state index contributed by atoms with van der Waals surface area (Å²) in [4.78, 5) is 23.1. The first-order valence-corrected chi connectivity index (χ1v) is 7.76. The van der Waals surface area contributed by atoms with E-state index in [0.717, 1.165) is 0 Å². The quantitative estimate of drug-likeness (QED) is 0.622. The Morgan fingerprint density at radius 2 is 2.00 bits per heavy atom. The van der Waals surface area contributed by atoms with E-state index >= 15 is 0 Å². The Kier molecular flexibility index (Phi) is 5.33. The molecule has 0 bridgehead atoms. The van der Waals surface area contributed by atoms with E-state index in [2.05, 4.69) is 42.5 Å². The van der Waals surface area contributed by atoms with Gasteiger partial charge in [0.2, 0.25) is 0 Å². The molecule has 2 rings (SSSR count). The van der Waals surface area contributed by atoms with E-state index in [1.54, 1.807) is 12.1 Å². The van der Waals surface area contributed by atoms with Gasteiger partial charge in [0.05, 0.1) is 17.5 Å². The summed E-state index contributed by atoms with van der Waals surface area (Å²) in [6.45, 7) is 0. The Balaban J connectivity index is 2.18. The Morgan fingerprint density at radius 3 is 2.59 bits per heavy atom. The predicted molar refractivity (Wildman–Crippen MR) is 91.2 cm³/mol. The fourth-order valence-electron chi connectivity index (χ4n) is 1.59. The molecule has 1 aromatic heterocycles. The lowest BCUT2D eigenvalue weighted by atomic mass is 10.2. The molecule has 6 nitrogen and oxygen atoms in total. The average molecular weight is 448 g/mol. The van der Waals surface area contributed by atoms with E-state index in [1.165, 1.54) is 18.4 Å². The number of carbonyl (C=O) groups is 2. The van der Waals surface area contributed by atoms with Gasteiger partial charge in [-0.3, -0.25) is 10.1 Å². The maximum absolute atomic E-state index is 11.8. The summed E-state index contributed by atoms with van der Waals surface area (Å²) < 4.78 is 6.01. The molecule has 1 amide bonds. The van der Waals surface area contributed by atoms with Crippen LogP contribution in [0.25, 0.3) is 0 Å². The van der Waals surface area contributed by atoms with Crippen LogP contribution in [-0.4, -0.2) is 22.1 Å². The second-order valence-electron chi connectivity index (χ2n) is 4.00. The highest BCUT2D eigenvalue weighted by Crippen LogP contribution is 2.30. The third kappa shape index (κ3) is 3.93. The van der Waals surface area contributed by atoms with Crippen molar-refractivity contribution in [1.29, 1.82) is 0 Å². The minimum Gasteiger partial charge on any atom is -0.478 e. The maximum Gasteiger partial charge on any atom is 0.337 e. The summed E-state index contributed by atoms with van der Waals surface area (Å²) in [7, 11) is 0. The first kappa shape index (κ1) is 16.7. The number of carbonyl (C=O) groups excluding carboxylic acids is 1. The van der Waals surface area contributed by atoms with Crippen molar-refractivity contribution < 1.29 is 19.1 Å². The number of rotatable bonds is 3. The highest BCUT2D eigenvalue weighted by Gasteiger charge is 2.17. The molecule has 0 fully saturated rings. The molecule has 0 unspecified atom stereocenters. The third-order valence-electron chi connectivity index (χ3n) is 2.50. The van der Waals surface area contributed by atoms with E-state index in [0.29, 0.717) is 8.95 Å². The highest BCUT2D eigenvalue weighted by molar-refractivity contribution is 9.11. The number of nitrogens with one attached hydrogen (secondary N) is 2. The first-order chi connectivity index (χ1) is 10.4. The molecular formula is C13H8Br2N2O4S. The van der Waals surface area contributed by atoms with Gasteiger partial charge >= 0.3 is 5.97 Å². The van der Waals surface area contributed by atoms with Crippen LogP contribution in [0.5, 0.6) is 0 Å². The summed E-state index contributed by atoms with van der Waals surface area (Å²) in [6.07, 6.45) is 1.36. The van der Waals surface area contributed by atoms with Crippen LogP contribution in [-0.2, 0) is 0 Å². The van der Waals surface area contributed by atoms with Gasteiger partial charge in [0.1, 0.15) is 0 Å². The lowest BCUT2D eigenvalue weighted by molar-refractivity contribution is 0.0697. The summed E-state index contributed by atoms with van der Waals surface area (Å²) in [5.74, 6) is -1.57. The molecule has 1 aromatic carbocycles. The van der Waals surface area contributed by atoms with Gasteiger partial charge < -0.3 is 14.8 Å². The van der Waals surface area contributed by atoms with Crippen molar-refractivity contribution in [1.82, 2.24) is 5.32 Å². The first-order valence-electron chi connectivity index (χ1n) is 5.76. The number of anilines is 1. The molecule has 9 heteroatoms. The molecule has 0 aliphatic heterocycles. The van der Waals surface area contributed by atoms with Crippen LogP contribution < -0.4 is 10.6 Å². The number of amides is 1. The Bertz CT molecular complexity index is 747.